The van der Waals surface area contributed by atoms with Crippen molar-refractivity contribution in [1.29, 1.82) is 0 Å². The van der Waals surface area contributed by atoms with Crippen molar-refractivity contribution in [1.82, 2.24) is 15.0 Å². The molecule has 0 saturated carbocycles. The van der Waals surface area contributed by atoms with E-state index >= 15 is 0 Å². The molecule has 0 spiro atoms. The summed E-state index contributed by atoms with van der Waals surface area (Å²) >= 11 is 0. The molecule has 0 aliphatic heterocycles. The second-order valence-corrected chi connectivity index (χ2v) is 2.31. The number of aromatic nitrogens is 2. The lowest BCUT2D eigenvalue weighted by atomic mass is 10.2. The van der Waals surface area contributed by atoms with Gasteiger partial charge in [-0.05, 0) is 0 Å². The summed E-state index contributed by atoms with van der Waals surface area (Å²) in [5.41, 5.74) is 3.62. The molecule has 1 aromatic heterocycles. The van der Waals surface area contributed by atoms with Crippen LogP contribution in [0.1, 0.15) is 11.7 Å². The van der Waals surface area contributed by atoms with E-state index in [0.29, 0.717) is 0 Å². The van der Waals surface area contributed by atoms with Gasteiger partial charge in [-0.15, -0.1) is 6.58 Å². The number of rotatable bonds is 3. The summed E-state index contributed by atoms with van der Waals surface area (Å²) < 4.78 is 1.90. The van der Waals surface area contributed by atoms with Crippen LogP contribution >= 0.6 is 0 Å². The number of hydrogen-bond donors (Lipinski definition) is 2. The monoisotopic (exact) mass is 152 g/mol. The molecular formula is C7H12N4. The first-order valence-electron chi connectivity index (χ1n) is 3.34. The molecule has 0 fully saturated rings. The van der Waals surface area contributed by atoms with Crippen molar-refractivity contribution in [3.63, 3.8) is 0 Å². The van der Waals surface area contributed by atoms with Crippen LogP contribution in [-0.2, 0) is 7.05 Å². The summed E-state index contributed by atoms with van der Waals surface area (Å²) in [7, 11) is 1.91. The van der Waals surface area contributed by atoms with E-state index in [4.69, 9.17) is 5.84 Å². The number of nitrogens with two attached hydrogens (primary N) is 1. The zero-order valence-corrected chi connectivity index (χ0v) is 6.49. The van der Waals surface area contributed by atoms with Crippen LogP contribution in [0.25, 0.3) is 0 Å². The van der Waals surface area contributed by atoms with Crippen LogP contribution in [0.2, 0.25) is 0 Å². The Hall–Kier alpha value is -1.13. The quantitative estimate of drug-likeness (QED) is 0.367. The van der Waals surface area contributed by atoms with Crippen LogP contribution in [0.15, 0.2) is 25.2 Å². The maximum Gasteiger partial charge on any atom is 0.0946 e. The number of aryl methyl sites for hydroxylation is 1. The van der Waals surface area contributed by atoms with Crippen molar-refractivity contribution in [3.05, 3.63) is 30.9 Å². The number of hydrazine groups is 1. The summed E-state index contributed by atoms with van der Waals surface area (Å²) in [5.74, 6) is 5.28. The summed E-state index contributed by atoms with van der Waals surface area (Å²) in [4.78, 5) is 3.96. The van der Waals surface area contributed by atoms with Gasteiger partial charge < -0.3 is 4.57 Å². The maximum atomic E-state index is 5.28. The van der Waals surface area contributed by atoms with E-state index in [-0.39, 0.29) is 6.04 Å². The van der Waals surface area contributed by atoms with Crippen LogP contribution in [0.3, 0.4) is 0 Å². The lowest BCUT2D eigenvalue weighted by Gasteiger charge is -2.10. The minimum Gasteiger partial charge on any atom is -0.336 e. The topological polar surface area (TPSA) is 55.9 Å². The molecule has 1 rings (SSSR count). The van der Waals surface area contributed by atoms with E-state index in [1.165, 1.54) is 0 Å². The molecule has 11 heavy (non-hydrogen) atoms. The fourth-order valence-corrected chi connectivity index (χ4v) is 0.941. The van der Waals surface area contributed by atoms with Crippen molar-refractivity contribution in [2.75, 3.05) is 0 Å². The number of imidazole rings is 1. The van der Waals surface area contributed by atoms with E-state index in [9.17, 15) is 0 Å². The molecule has 0 amide bonds. The van der Waals surface area contributed by atoms with Crippen LogP contribution < -0.4 is 11.3 Å². The number of nitrogens with zero attached hydrogens (tertiary/aromatic N) is 2. The van der Waals surface area contributed by atoms with Gasteiger partial charge in [0.05, 0.1) is 24.3 Å². The second-order valence-electron chi connectivity index (χ2n) is 2.31. The Morgan fingerprint density at radius 2 is 2.64 bits per heavy atom. The Labute approximate surface area is 65.7 Å². The van der Waals surface area contributed by atoms with Gasteiger partial charge in [0.2, 0.25) is 0 Å². The molecule has 3 N–H and O–H groups in total. The smallest absolute Gasteiger partial charge is 0.0946 e. The van der Waals surface area contributed by atoms with E-state index in [1.54, 1.807) is 18.6 Å². The first-order valence-corrected chi connectivity index (χ1v) is 3.34. The van der Waals surface area contributed by atoms with Crippen molar-refractivity contribution in [2.24, 2.45) is 12.9 Å². The SMILES string of the molecule is C=CC(NN)c1cncn1C. The van der Waals surface area contributed by atoms with Gasteiger partial charge in [-0.2, -0.15) is 0 Å². The molecule has 0 bridgehead atoms. The van der Waals surface area contributed by atoms with E-state index < -0.39 is 0 Å². The number of hydrogen-bond acceptors (Lipinski definition) is 3. The minimum atomic E-state index is -0.0255. The van der Waals surface area contributed by atoms with Crippen LogP contribution in [-0.4, -0.2) is 9.55 Å². The highest BCUT2D eigenvalue weighted by atomic mass is 15.2. The van der Waals surface area contributed by atoms with Crippen molar-refractivity contribution < 1.29 is 0 Å². The van der Waals surface area contributed by atoms with Gasteiger partial charge in [-0.3, -0.25) is 5.84 Å². The molecule has 1 atom stereocenters. The van der Waals surface area contributed by atoms with Gasteiger partial charge in [0.25, 0.3) is 0 Å². The van der Waals surface area contributed by atoms with Crippen LogP contribution in [0, 0.1) is 0 Å². The van der Waals surface area contributed by atoms with Crippen LogP contribution in [0.4, 0.5) is 0 Å². The molecule has 60 valence electrons. The zero-order chi connectivity index (χ0) is 8.27. The second kappa shape index (κ2) is 3.32. The average Bonchev–Trinajstić information content (AvgIpc) is 2.40. The molecule has 0 aromatic carbocycles. The maximum absolute atomic E-state index is 5.28. The van der Waals surface area contributed by atoms with Gasteiger partial charge in [0, 0.05) is 7.05 Å². The average molecular weight is 152 g/mol. The Balaban J connectivity index is 2.89. The summed E-state index contributed by atoms with van der Waals surface area (Å²) in [6.45, 7) is 3.65. The zero-order valence-electron chi connectivity index (χ0n) is 6.49. The third-order valence-corrected chi connectivity index (χ3v) is 1.59. The highest BCUT2D eigenvalue weighted by Crippen LogP contribution is 2.09. The van der Waals surface area contributed by atoms with Crippen molar-refractivity contribution >= 4 is 0 Å². The predicted octanol–water partition coefficient (Wildman–Crippen LogP) is 0.110. The minimum absolute atomic E-state index is 0.0255. The van der Waals surface area contributed by atoms with Gasteiger partial charge in [0.1, 0.15) is 0 Å². The summed E-state index contributed by atoms with van der Waals surface area (Å²) in [6, 6.07) is -0.0255. The normalized spacial score (nSPS) is 12.9. The molecule has 1 aromatic rings. The largest absolute Gasteiger partial charge is 0.336 e. The molecule has 1 unspecified atom stereocenters. The molecule has 0 aliphatic carbocycles. The summed E-state index contributed by atoms with van der Waals surface area (Å²) in [5, 5.41) is 0. The van der Waals surface area contributed by atoms with Crippen molar-refractivity contribution in [3.8, 4) is 0 Å². The van der Waals surface area contributed by atoms with Gasteiger partial charge in [-0.1, -0.05) is 6.08 Å². The van der Waals surface area contributed by atoms with Crippen molar-refractivity contribution in [2.45, 2.75) is 6.04 Å². The van der Waals surface area contributed by atoms with Crippen LogP contribution in [0.5, 0.6) is 0 Å². The van der Waals surface area contributed by atoms with E-state index in [2.05, 4.69) is 17.0 Å². The summed E-state index contributed by atoms with van der Waals surface area (Å²) in [6.07, 6.45) is 5.21. The molecule has 1 heterocycles. The third-order valence-electron chi connectivity index (χ3n) is 1.59. The van der Waals surface area contributed by atoms with Gasteiger partial charge in [-0.25, -0.2) is 10.4 Å². The predicted molar refractivity (Wildman–Crippen MR) is 43.5 cm³/mol. The van der Waals surface area contributed by atoms with Gasteiger partial charge >= 0.3 is 0 Å². The molecule has 0 saturated heterocycles. The fraction of sp³-hybridized carbons (Fsp3) is 0.286. The number of nitrogens with one attached hydrogen (secondary N) is 1. The first kappa shape index (κ1) is 7.97. The lowest BCUT2D eigenvalue weighted by molar-refractivity contribution is 0.614. The highest BCUT2D eigenvalue weighted by Gasteiger charge is 2.07. The molecule has 4 nitrogen and oxygen atoms in total. The molecule has 0 radical (unpaired) electrons. The Bertz CT molecular complexity index is 240. The van der Waals surface area contributed by atoms with Gasteiger partial charge in [0.15, 0.2) is 0 Å². The Morgan fingerprint density at radius 1 is 1.91 bits per heavy atom. The molecule has 0 aliphatic rings. The molecular weight excluding hydrogens is 140 g/mol. The van der Waals surface area contributed by atoms with E-state index in [0.717, 1.165) is 5.69 Å². The van der Waals surface area contributed by atoms with E-state index in [1.807, 2.05) is 11.6 Å². The molecule has 4 heteroatoms. The first-order chi connectivity index (χ1) is 5.29. The Morgan fingerprint density at radius 3 is 3.00 bits per heavy atom. The fourth-order valence-electron chi connectivity index (χ4n) is 0.941. The standard InChI is InChI=1S/C7H12N4/c1-3-6(10-8)7-4-9-5-11(7)2/h3-6,10H,1,8H2,2H3. The lowest BCUT2D eigenvalue weighted by Crippen LogP contribution is -2.27. The third kappa shape index (κ3) is 1.47. The highest BCUT2D eigenvalue weighted by molar-refractivity contribution is 5.10. The Kier molecular flexibility index (Phi) is 2.40.